The van der Waals surface area contributed by atoms with Crippen molar-refractivity contribution in [2.45, 2.75) is 39.8 Å². The smallest absolute Gasteiger partial charge is 0.258 e. The van der Waals surface area contributed by atoms with Gasteiger partial charge in [0, 0.05) is 12.1 Å². The standard InChI is InChI=1S/C23H29N3O3/c1-6-15-7-9-16(10-8-15)22(14(2)3)24-13-21-25-18-12-20(29-5)19(28-4)11-17(18)23(27)26-21/h7-12,14,22,24H,6,13H2,1-5H3,(H,25,26,27)/t22-/m1/s1. The number of rotatable bonds is 8. The molecule has 6 nitrogen and oxygen atoms in total. The second kappa shape index (κ2) is 9.09. The highest BCUT2D eigenvalue weighted by molar-refractivity contribution is 5.81. The summed E-state index contributed by atoms with van der Waals surface area (Å²) in [5.41, 5.74) is 2.94. The van der Waals surface area contributed by atoms with Crippen LogP contribution in [-0.2, 0) is 13.0 Å². The third kappa shape index (κ3) is 4.59. The largest absolute Gasteiger partial charge is 0.493 e. The van der Waals surface area contributed by atoms with Crippen LogP contribution in [0.15, 0.2) is 41.2 Å². The van der Waals surface area contributed by atoms with E-state index >= 15 is 0 Å². The van der Waals surface area contributed by atoms with E-state index in [0.717, 1.165) is 6.42 Å². The average Bonchev–Trinajstić information content (AvgIpc) is 2.73. The Labute approximate surface area is 171 Å². The molecular formula is C23H29N3O3. The summed E-state index contributed by atoms with van der Waals surface area (Å²) >= 11 is 0. The molecule has 0 saturated carbocycles. The van der Waals surface area contributed by atoms with Crippen molar-refractivity contribution < 1.29 is 9.47 Å². The quantitative estimate of drug-likeness (QED) is 0.603. The van der Waals surface area contributed by atoms with E-state index in [-0.39, 0.29) is 11.6 Å². The van der Waals surface area contributed by atoms with Crippen molar-refractivity contribution in [3.8, 4) is 11.5 Å². The molecule has 2 N–H and O–H groups in total. The maximum absolute atomic E-state index is 12.6. The maximum Gasteiger partial charge on any atom is 0.258 e. The Bertz CT molecular complexity index is 1030. The maximum atomic E-state index is 12.6. The van der Waals surface area contributed by atoms with Crippen LogP contribution < -0.4 is 20.3 Å². The molecule has 0 saturated heterocycles. The Morgan fingerprint density at radius 2 is 1.72 bits per heavy atom. The minimum Gasteiger partial charge on any atom is -0.493 e. The van der Waals surface area contributed by atoms with E-state index in [1.807, 2.05) is 0 Å². The SMILES string of the molecule is CCc1ccc([C@H](NCc2nc3cc(OC)c(OC)cc3c(=O)[nH]2)C(C)C)cc1. The van der Waals surface area contributed by atoms with Gasteiger partial charge in [0.1, 0.15) is 5.82 Å². The van der Waals surface area contributed by atoms with Gasteiger partial charge in [-0.25, -0.2) is 4.98 Å². The number of hydrogen-bond acceptors (Lipinski definition) is 5. The topological polar surface area (TPSA) is 76.2 Å². The molecule has 2 aromatic carbocycles. The predicted octanol–water partition coefficient (Wildman–Crippen LogP) is 3.99. The van der Waals surface area contributed by atoms with E-state index in [2.05, 4.69) is 60.3 Å². The summed E-state index contributed by atoms with van der Waals surface area (Å²) in [6.07, 6.45) is 1.02. The fraction of sp³-hybridized carbons (Fsp3) is 0.391. The first kappa shape index (κ1) is 20.9. The highest BCUT2D eigenvalue weighted by Crippen LogP contribution is 2.30. The number of hydrogen-bond donors (Lipinski definition) is 2. The van der Waals surface area contributed by atoms with Crippen molar-refractivity contribution in [3.05, 3.63) is 63.7 Å². The summed E-state index contributed by atoms with van der Waals surface area (Å²) < 4.78 is 10.6. The van der Waals surface area contributed by atoms with Gasteiger partial charge in [0.15, 0.2) is 11.5 Å². The zero-order valence-electron chi connectivity index (χ0n) is 17.7. The van der Waals surface area contributed by atoms with E-state index in [1.54, 1.807) is 26.4 Å². The number of nitrogens with zero attached hydrogens (tertiary/aromatic N) is 1. The molecule has 0 aliphatic rings. The molecule has 154 valence electrons. The molecule has 0 spiro atoms. The Kier molecular flexibility index (Phi) is 6.54. The van der Waals surface area contributed by atoms with Gasteiger partial charge in [0.2, 0.25) is 0 Å². The molecule has 0 unspecified atom stereocenters. The number of aromatic amines is 1. The van der Waals surface area contributed by atoms with Gasteiger partial charge >= 0.3 is 0 Å². The first-order valence-electron chi connectivity index (χ1n) is 9.94. The lowest BCUT2D eigenvalue weighted by Gasteiger charge is -2.23. The number of fused-ring (bicyclic) bond motifs is 1. The number of benzene rings is 2. The molecular weight excluding hydrogens is 366 g/mol. The van der Waals surface area contributed by atoms with Crippen LogP contribution in [0.2, 0.25) is 0 Å². The molecule has 1 aromatic heterocycles. The van der Waals surface area contributed by atoms with Crippen molar-refractivity contribution in [1.29, 1.82) is 0 Å². The molecule has 1 atom stereocenters. The number of H-pyrrole nitrogens is 1. The number of aryl methyl sites for hydroxylation is 1. The normalized spacial score (nSPS) is 12.3. The molecule has 0 amide bonds. The van der Waals surface area contributed by atoms with E-state index in [1.165, 1.54) is 11.1 Å². The number of aromatic nitrogens is 2. The van der Waals surface area contributed by atoms with Crippen LogP contribution in [0, 0.1) is 5.92 Å². The van der Waals surface area contributed by atoms with Gasteiger partial charge in [-0.1, -0.05) is 45.0 Å². The third-order valence-electron chi connectivity index (χ3n) is 5.16. The summed E-state index contributed by atoms with van der Waals surface area (Å²) in [7, 11) is 3.11. The lowest BCUT2D eigenvalue weighted by molar-refractivity contribution is 0.355. The second-order valence-electron chi connectivity index (χ2n) is 7.43. The van der Waals surface area contributed by atoms with Gasteiger partial charge in [-0.05, 0) is 29.5 Å². The van der Waals surface area contributed by atoms with Gasteiger partial charge < -0.3 is 19.8 Å². The van der Waals surface area contributed by atoms with Crippen LogP contribution in [0.1, 0.15) is 43.8 Å². The monoisotopic (exact) mass is 395 g/mol. The fourth-order valence-corrected chi connectivity index (χ4v) is 3.50. The van der Waals surface area contributed by atoms with E-state index in [4.69, 9.17) is 9.47 Å². The molecule has 0 radical (unpaired) electrons. The summed E-state index contributed by atoms with van der Waals surface area (Å²) in [6.45, 7) is 6.97. The van der Waals surface area contributed by atoms with Crippen molar-refractivity contribution in [3.63, 3.8) is 0 Å². The van der Waals surface area contributed by atoms with E-state index in [0.29, 0.717) is 40.7 Å². The molecule has 1 heterocycles. The first-order valence-corrected chi connectivity index (χ1v) is 9.94. The predicted molar refractivity (Wildman–Crippen MR) is 116 cm³/mol. The van der Waals surface area contributed by atoms with Crippen LogP contribution in [-0.4, -0.2) is 24.2 Å². The minimum absolute atomic E-state index is 0.160. The third-order valence-corrected chi connectivity index (χ3v) is 5.16. The molecule has 29 heavy (non-hydrogen) atoms. The number of ether oxygens (including phenoxy) is 2. The Morgan fingerprint density at radius 3 is 2.31 bits per heavy atom. The minimum atomic E-state index is -0.193. The van der Waals surface area contributed by atoms with Crippen molar-refractivity contribution in [2.24, 2.45) is 5.92 Å². The Balaban J connectivity index is 1.86. The lowest BCUT2D eigenvalue weighted by atomic mass is 9.95. The zero-order valence-corrected chi connectivity index (χ0v) is 17.7. The van der Waals surface area contributed by atoms with Gasteiger partial charge in [0.05, 0.1) is 31.7 Å². The summed E-state index contributed by atoms with van der Waals surface area (Å²) in [5, 5.41) is 4.02. The number of nitrogens with one attached hydrogen (secondary N) is 2. The molecule has 0 aliphatic heterocycles. The molecule has 3 rings (SSSR count). The molecule has 0 aliphatic carbocycles. The highest BCUT2D eigenvalue weighted by Gasteiger charge is 2.17. The lowest BCUT2D eigenvalue weighted by Crippen LogP contribution is -2.27. The Morgan fingerprint density at radius 1 is 1.07 bits per heavy atom. The highest BCUT2D eigenvalue weighted by atomic mass is 16.5. The molecule has 6 heteroatoms. The number of methoxy groups -OCH3 is 2. The average molecular weight is 396 g/mol. The second-order valence-corrected chi connectivity index (χ2v) is 7.43. The van der Waals surface area contributed by atoms with Crippen molar-refractivity contribution in [2.75, 3.05) is 14.2 Å². The van der Waals surface area contributed by atoms with Gasteiger partial charge in [-0.3, -0.25) is 4.79 Å². The summed E-state index contributed by atoms with van der Waals surface area (Å²) in [4.78, 5) is 20.1. The summed E-state index contributed by atoms with van der Waals surface area (Å²) in [5.74, 6) is 2.03. The van der Waals surface area contributed by atoms with Crippen LogP contribution in [0.3, 0.4) is 0 Å². The van der Waals surface area contributed by atoms with Crippen LogP contribution in [0.5, 0.6) is 11.5 Å². The first-order chi connectivity index (χ1) is 14.0. The van der Waals surface area contributed by atoms with E-state index < -0.39 is 0 Å². The van der Waals surface area contributed by atoms with Crippen molar-refractivity contribution in [1.82, 2.24) is 15.3 Å². The van der Waals surface area contributed by atoms with Crippen molar-refractivity contribution >= 4 is 10.9 Å². The van der Waals surface area contributed by atoms with Gasteiger partial charge in [-0.2, -0.15) is 0 Å². The van der Waals surface area contributed by atoms with E-state index in [9.17, 15) is 4.79 Å². The van der Waals surface area contributed by atoms with Crippen LogP contribution >= 0.6 is 0 Å². The molecule has 0 bridgehead atoms. The Hall–Kier alpha value is -2.86. The molecule has 0 fully saturated rings. The zero-order chi connectivity index (χ0) is 21.0. The van der Waals surface area contributed by atoms with Crippen LogP contribution in [0.25, 0.3) is 10.9 Å². The van der Waals surface area contributed by atoms with Gasteiger partial charge in [-0.15, -0.1) is 0 Å². The van der Waals surface area contributed by atoms with Gasteiger partial charge in [0.25, 0.3) is 5.56 Å². The molecule has 3 aromatic rings. The van der Waals surface area contributed by atoms with Crippen LogP contribution in [0.4, 0.5) is 0 Å². The summed E-state index contributed by atoms with van der Waals surface area (Å²) in [6, 6.07) is 12.2. The fourth-order valence-electron chi connectivity index (χ4n) is 3.50.